The Balaban J connectivity index is 0.000000180. The Kier molecular flexibility index (Phi) is 7.48. The van der Waals surface area contributed by atoms with Gasteiger partial charge < -0.3 is 20.8 Å². The summed E-state index contributed by atoms with van der Waals surface area (Å²) in [4.78, 5) is 20.6. The molecule has 6 nitrogen and oxygen atoms in total. The van der Waals surface area contributed by atoms with Gasteiger partial charge in [0.1, 0.15) is 0 Å². The Bertz CT molecular complexity index is 247. The molecule has 2 aliphatic rings. The molecule has 18 heavy (non-hydrogen) atoms. The van der Waals surface area contributed by atoms with Crippen molar-refractivity contribution in [2.45, 2.75) is 23.6 Å². The van der Waals surface area contributed by atoms with E-state index in [-0.39, 0.29) is 35.8 Å². The fourth-order valence-corrected chi connectivity index (χ4v) is 2.99. The summed E-state index contributed by atoms with van der Waals surface area (Å²) in [5.74, 6) is 1.66. The van der Waals surface area contributed by atoms with E-state index in [0.29, 0.717) is 24.3 Å². The number of amides is 2. The molecule has 104 valence electrons. The number of thioether (sulfide) groups is 2. The van der Waals surface area contributed by atoms with Crippen LogP contribution in [0, 0.1) is 0 Å². The van der Waals surface area contributed by atoms with Crippen LogP contribution in [0.1, 0.15) is 12.8 Å². The van der Waals surface area contributed by atoms with Crippen molar-refractivity contribution < 1.29 is 19.8 Å². The highest BCUT2D eigenvalue weighted by Gasteiger charge is 2.25. The van der Waals surface area contributed by atoms with E-state index >= 15 is 0 Å². The lowest BCUT2D eigenvalue weighted by Gasteiger charge is -2.25. The molecule has 2 aliphatic heterocycles. The zero-order valence-corrected chi connectivity index (χ0v) is 11.6. The topological polar surface area (TPSA) is 98.7 Å². The van der Waals surface area contributed by atoms with Gasteiger partial charge in [-0.25, -0.2) is 0 Å². The smallest absolute Gasteiger partial charge is 0.223 e. The first kappa shape index (κ1) is 15.6. The standard InChI is InChI=1S/2C5H9NO2S/c2*7-1-2-9-5-3-4(8)6-5/h2*5,7H,1-3H2,(H,6,8). The van der Waals surface area contributed by atoms with E-state index in [1.807, 2.05) is 0 Å². The molecule has 0 spiro atoms. The fraction of sp³-hybridized carbons (Fsp3) is 0.800. The highest BCUT2D eigenvalue weighted by atomic mass is 32.2. The highest BCUT2D eigenvalue weighted by Crippen LogP contribution is 2.18. The van der Waals surface area contributed by atoms with Gasteiger partial charge in [-0.15, -0.1) is 23.5 Å². The molecule has 0 aromatic heterocycles. The van der Waals surface area contributed by atoms with Gasteiger partial charge in [0.25, 0.3) is 0 Å². The second-order valence-electron chi connectivity index (χ2n) is 3.71. The summed E-state index contributed by atoms with van der Waals surface area (Å²) in [6.45, 7) is 0.383. The number of nitrogens with one attached hydrogen (secondary N) is 2. The van der Waals surface area contributed by atoms with E-state index in [4.69, 9.17) is 10.2 Å². The average molecular weight is 294 g/mol. The summed E-state index contributed by atoms with van der Waals surface area (Å²) in [7, 11) is 0. The molecule has 0 saturated carbocycles. The van der Waals surface area contributed by atoms with Crippen molar-refractivity contribution in [2.75, 3.05) is 24.7 Å². The Morgan fingerprint density at radius 3 is 1.50 bits per heavy atom. The molecule has 2 heterocycles. The lowest BCUT2D eigenvalue weighted by atomic mass is 10.3. The second-order valence-corrected chi connectivity index (χ2v) is 6.33. The zero-order valence-electron chi connectivity index (χ0n) is 9.92. The van der Waals surface area contributed by atoms with Gasteiger partial charge in [0.2, 0.25) is 11.8 Å². The molecule has 4 N–H and O–H groups in total. The highest BCUT2D eigenvalue weighted by molar-refractivity contribution is 8.00. The maximum Gasteiger partial charge on any atom is 0.223 e. The van der Waals surface area contributed by atoms with Crippen LogP contribution in [-0.2, 0) is 9.59 Å². The van der Waals surface area contributed by atoms with Crippen LogP contribution < -0.4 is 10.6 Å². The molecule has 2 unspecified atom stereocenters. The monoisotopic (exact) mass is 294 g/mol. The van der Waals surface area contributed by atoms with Crippen molar-refractivity contribution in [3.8, 4) is 0 Å². The lowest BCUT2D eigenvalue weighted by Crippen LogP contribution is -2.46. The number of carbonyl (C=O) groups excluding carboxylic acids is 2. The number of rotatable bonds is 6. The van der Waals surface area contributed by atoms with Crippen LogP contribution in [0.2, 0.25) is 0 Å². The molecule has 2 atom stereocenters. The van der Waals surface area contributed by atoms with E-state index in [1.165, 1.54) is 0 Å². The van der Waals surface area contributed by atoms with Crippen molar-refractivity contribution in [3.63, 3.8) is 0 Å². The maximum atomic E-state index is 10.3. The van der Waals surface area contributed by atoms with Gasteiger partial charge >= 0.3 is 0 Å². The SMILES string of the molecule is O=C1CC(SCCO)N1.O=C1CC(SCCO)N1. The number of hydrogen-bond acceptors (Lipinski definition) is 6. The summed E-state index contributed by atoms with van der Waals surface area (Å²) >= 11 is 3.17. The van der Waals surface area contributed by atoms with Crippen LogP contribution in [-0.4, -0.2) is 57.5 Å². The van der Waals surface area contributed by atoms with Crippen LogP contribution in [0.5, 0.6) is 0 Å². The van der Waals surface area contributed by atoms with Gasteiger partial charge in [0.15, 0.2) is 0 Å². The lowest BCUT2D eigenvalue weighted by molar-refractivity contribution is -0.127. The van der Waals surface area contributed by atoms with Crippen molar-refractivity contribution in [2.24, 2.45) is 0 Å². The molecule has 2 rings (SSSR count). The van der Waals surface area contributed by atoms with Crippen LogP contribution in [0.15, 0.2) is 0 Å². The van der Waals surface area contributed by atoms with E-state index in [0.717, 1.165) is 0 Å². The molecule has 0 bridgehead atoms. The van der Waals surface area contributed by atoms with E-state index in [1.54, 1.807) is 23.5 Å². The van der Waals surface area contributed by atoms with Crippen LogP contribution in [0.3, 0.4) is 0 Å². The van der Waals surface area contributed by atoms with Crippen molar-refractivity contribution in [1.82, 2.24) is 10.6 Å². The molecule has 0 aromatic rings. The number of aliphatic hydroxyl groups is 2. The third-order valence-electron chi connectivity index (χ3n) is 2.21. The number of β-lactam (4-membered cyclic amide) rings is 2. The van der Waals surface area contributed by atoms with Crippen molar-refractivity contribution in [1.29, 1.82) is 0 Å². The average Bonchev–Trinajstić information content (AvgIpc) is 2.28. The molecule has 0 aromatic carbocycles. The van der Waals surface area contributed by atoms with Gasteiger partial charge in [-0.1, -0.05) is 0 Å². The number of aliphatic hydroxyl groups excluding tert-OH is 2. The third kappa shape index (κ3) is 5.94. The van der Waals surface area contributed by atoms with E-state index < -0.39 is 0 Å². The molecule has 2 saturated heterocycles. The first-order chi connectivity index (χ1) is 8.65. The molecule has 2 fully saturated rings. The van der Waals surface area contributed by atoms with Gasteiger partial charge in [0.05, 0.1) is 36.8 Å². The fourth-order valence-electron chi connectivity index (χ4n) is 1.24. The minimum absolute atomic E-state index is 0.116. The molecule has 2 amide bonds. The summed E-state index contributed by atoms with van der Waals surface area (Å²) in [6, 6.07) is 0. The normalized spacial score (nSPS) is 25.0. The van der Waals surface area contributed by atoms with Crippen molar-refractivity contribution >= 4 is 35.3 Å². The quantitative estimate of drug-likeness (QED) is 0.475. The summed E-state index contributed by atoms with van der Waals surface area (Å²) < 4.78 is 0. The minimum atomic E-state index is 0.116. The van der Waals surface area contributed by atoms with Gasteiger partial charge in [-0.2, -0.15) is 0 Å². The molecule has 0 aliphatic carbocycles. The van der Waals surface area contributed by atoms with Gasteiger partial charge in [-0.05, 0) is 0 Å². The van der Waals surface area contributed by atoms with Gasteiger partial charge in [-0.3, -0.25) is 9.59 Å². The van der Waals surface area contributed by atoms with Crippen molar-refractivity contribution in [3.05, 3.63) is 0 Å². The molecular weight excluding hydrogens is 276 g/mol. The largest absolute Gasteiger partial charge is 0.396 e. The maximum absolute atomic E-state index is 10.3. The third-order valence-corrected chi connectivity index (χ3v) is 4.42. The molecule has 0 radical (unpaired) electrons. The second kappa shape index (κ2) is 8.63. The first-order valence-corrected chi connectivity index (χ1v) is 7.79. The number of hydrogen-bond donors (Lipinski definition) is 4. The van der Waals surface area contributed by atoms with Gasteiger partial charge in [0, 0.05) is 11.5 Å². The Morgan fingerprint density at radius 1 is 0.944 bits per heavy atom. The Hall–Kier alpha value is -0.440. The van der Waals surface area contributed by atoms with E-state index in [9.17, 15) is 9.59 Å². The predicted molar refractivity (Wildman–Crippen MR) is 72.2 cm³/mol. The minimum Gasteiger partial charge on any atom is -0.396 e. The van der Waals surface area contributed by atoms with Crippen LogP contribution in [0.25, 0.3) is 0 Å². The first-order valence-electron chi connectivity index (χ1n) is 5.69. The summed E-state index contributed by atoms with van der Waals surface area (Å²) in [5.41, 5.74) is 0. The molecule has 8 heteroatoms. The predicted octanol–water partition coefficient (Wildman–Crippen LogP) is -0.884. The molecular formula is C10H18N2O4S2. The van der Waals surface area contributed by atoms with Crippen LogP contribution in [0.4, 0.5) is 0 Å². The Labute approximate surface area is 114 Å². The summed E-state index contributed by atoms with van der Waals surface area (Å²) in [6.07, 6.45) is 1.23. The summed E-state index contributed by atoms with van der Waals surface area (Å²) in [5, 5.41) is 22.7. The van der Waals surface area contributed by atoms with E-state index in [2.05, 4.69) is 10.6 Å². The number of carbonyl (C=O) groups is 2. The zero-order chi connectivity index (χ0) is 13.4. The Morgan fingerprint density at radius 2 is 1.28 bits per heavy atom. The van der Waals surface area contributed by atoms with Crippen LogP contribution >= 0.6 is 23.5 Å².